The van der Waals surface area contributed by atoms with Gasteiger partial charge < -0.3 is 10.6 Å². The third kappa shape index (κ3) is 3.79. The minimum atomic E-state index is -0.423. The Morgan fingerprint density at radius 1 is 1.05 bits per heavy atom. The molecule has 0 amide bonds. The van der Waals surface area contributed by atoms with E-state index in [0.717, 1.165) is 17.3 Å². The number of nitrogens with two attached hydrogens (primary N) is 1. The summed E-state index contributed by atoms with van der Waals surface area (Å²) in [5.74, 6) is -0.811. The first-order valence-electron chi connectivity index (χ1n) is 7.01. The number of benzene rings is 2. The van der Waals surface area contributed by atoms with Crippen LogP contribution >= 0.6 is 0 Å². The SMILES string of the molecule is CC(C)N(Cc1cc(F)ccc1F)c1ccc(CN)cc1. The zero-order valence-corrected chi connectivity index (χ0v) is 12.3. The lowest BCUT2D eigenvalue weighted by Gasteiger charge is -2.29. The van der Waals surface area contributed by atoms with Gasteiger partial charge in [-0.25, -0.2) is 8.78 Å². The van der Waals surface area contributed by atoms with Crippen molar-refractivity contribution in [2.75, 3.05) is 4.90 Å². The molecule has 21 heavy (non-hydrogen) atoms. The van der Waals surface area contributed by atoms with E-state index in [-0.39, 0.29) is 11.9 Å². The summed E-state index contributed by atoms with van der Waals surface area (Å²) in [7, 11) is 0. The molecule has 0 spiro atoms. The van der Waals surface area contributed by atoms with E-state index in [9.17, 15) is 8.78 Å². The lowest BCUT2D eigenvalue weighted by Crippen LogP contribution is -2.30. The van der Waals surface area contributed by atoms with Crippen molar-refractivity contribution in [2.24, 2.45) is 5.73 Å². The molecular weight excluding hydrogens is 270 g/mol. The van der Waals surface area contributed by atoms with E-state index in [4.69, 9.17) is 5.73 Å². The zero-order valence-electron chi connectivity index (χ0n) is 12.3. The van der Waals surface area contributed by atoms with E-state index in [1.165, 1.54) is 12.1 Å². The van der Waals surface area contributed by atoms with E-state index >= 15 is 0 Å². The summed E-state index contributed by atoms with van der Waals surface area (Å²) in [4.78, 5) is 2.03. The average Bonchev–Trinajstić information content (AvgIpc) is 2.48. The van der Waals surface area contributed by atoms with Crippen molar-refractivity contribution in [3.05, 3.63) is 65.2 Å². The van der Waals surface area contributed by atoms with Gasteiger partial charge in [-0.2, -0.15) is 0 Å². The van der Waals surface area contributed by atoms with E-state index in [0.29, 0.717) is 18.7 Å². The maximum absolute atomic E-state index is 13.8. The Balaban J connectivity index is 2.28. The van der Waals surface area contributed by atoms with Crippen molar-refractivity contribution >= 4 is 5.69 Å². The Labute approximate surface area is 124 Å². The second-order valence-electron chi connectivity index (χ2n) is 5.33. The maximum atomic E-state index is 13.8. The van der Waals surface area contributed by atoms with Crippen LogP contribution in [0.5, 0.6) is 0 Å². The highest BCUT2D eigenvalue weighted by atomic mass is 19.1. The number of hydrogen-bond donors (Lipinski definition) is 1. The summed E-state index contributed by atoms with van der Waals surface area (Å²) in [5, 5.41) is 0. The van der Waals surface area contributed by atoms with Gasteiger partial charge in [-0.1, -0.05) is 12.1 Å². The van der Waals surface area contributed by atoms with Crippen LogP contribution in [-0.2, 0) is 13.1 Å². The fourth-order valence-corrected chi connectivity index (χ4v) is 2.24. The first-order valence-corrected chi connectivity index (χ1v) is 7.01. The molecule has 0 aliphatic rings. The zero-order chi connectivity index (χ0) is 15.4. The minimum absolute atomic E-state index is 0.163. The molecule has 0 aliphatic carbocycles. The predicted molar refractivity (Wildman–Crippen MR) is 82.0 cm³/mol. The van der Waals surface area contributed by atoms with Crippen LogP contribution in [0.2, 0.25) is 0 Å². The molecule has 0 fully saturated rings. The molecule has 0 saturated heterocycles. The summed E-state index contributed by atoms with van der Waals surface area (Å²) in [6.45, 7) is 4.85. The van der Waals surface area contributed by atoms with Gasteiger partial charge in [-0.15, -0.1) is 0 Å². The highest BCUT2D eigenvalue weighted by Gasteiger charge is 2.14. The molecule has 0 unspecified atom stereocenters. The van der Waals surface area contributed by atoms with Gasteiger partial charge in [-0.05, 0) is 49.7 Å². The maximum Gasteiger partial charge on any atom is 0.128 e. The van der Waals surface area contributed by atoms with E-state index in [1.807, 2.05) is 43.0 Å². The first-order chi connectivity index (χ1) is 10.0. The molecular formula is C17H20F2N2. The van der Waals surface area contributed by atoms with Gasteiger partial charge in [0.1, 0.15) is 11.6 Å². The summed E-state index contributed by atoms with van der Waals surface area (Å²) in [6, 6.07) is 11.5. The standard InChI is InChI=1S/C17H20F2N2/c1-12(2)21(16-6-3-13(10-20)4-7-16)11-14-9-15(18)5-8-17(14)19/h3-9,12H,10-11,20H2,1-2H3. The van der Waals surface area contributed by atoms with Gasteiger partial charge in [-0.3, -0.25) is 0 Å². The molecule has 0 aromatic heterocycles. The Morgan fingerprint density at radius 3 is 2.29 bits per heavy atom. The number of hydrogen-bond acceptors (Lipinski definition) is 2. The highest BCUT2D eigenvalue weighted by molar-refractivity contribution is 5.49. The lowest BCUT2D eigenvalue weighted by atomic mass is 10.1. The highest BCUT2D eigenvalue weighted by Crippen LogP contribution is 2.22. The van der Waals surface area contributed by atoms with Crippen molar-refractivity contribution < 1.29 is 8.78 Å². The van der Waals surface area contributed by atoms with Gasteiger partial charge >= 0.3 is 0 Å². The van der Waals surface area contributed by atoms with Crippen LogP contribution in [0.25, 0.3) is 0 Å². The van der Waals surface area contributed by atoms with Crippen LogP contribution < -0.4 is 10.6 Å². The molecule has 4 heteroatoms. The fourth-order valence-electron chi connectivity index (χ4n) is 2.24. The number of halogens is 2. The van der Waals surface area contributed by atoms with Gasteiger partial charge in [0.25, 0.3) is 0 Å². The third-order valence-electron chi connectivity index (χ3n) is 3.48. The Kier molecular flexibility index (Phi) is 4.91. The smallest absolute Gasteiger partial charge is 0.128 e. The van der Waals surface area contributed by atoms with Gasteiger partial charge in [0, 0.05) is 30.4 Å². The molecule has 2 nitrogen and oxygen atoms in total. The molecule has 0 radical (unpaired) electrons. The van der Waals surface area contributed by atoms with E-state index in [2.05, 4.69) is 0 Å². The van der Waals surface area contributed by atoms with Crippen molar-refractivity contribution in [3.63, 3.8) is 0 Å². The van der Waals surface area contributed by atoms with Crippen molar-refractivity contribution in [2.45, 2.75) is 33.0 Å². The number of anilines is 1. The second-order valence-corrected chi connectivity index (χ2v) is 5.33. The number of rotatable bonds is 5. The van der Waals surface area contributed by atoms with Crippen LogP contribution in [0.4, 0.5) is 14.5 Å². The van der Waals surface area contributed by atoms with Crippen LogP contribution in [0.3, 0.4) is 0 Å². The molecule has 112 valence electrons. The Bertz CT molecular complexity index is 594. The topological polar surface area (TPSA) is 29.3 Å². The third-order valence-corrected chi connectivity index (χ3v) is 3.48. The second kappa shape index (κ2) is 6.68. The van der Waals surface area contributed by atoms with E-state index < -0.39 is 5.82 Å². The summed E-state index contributed by atoms with van der Waals surface area (Å²) < 4.78 is 27.1. The van der Waals surface area contributed by atoms with Crippen LogP contribution in [0.1, 0.15) is 25.0 Å². The van der Waals surface area contributed by atoms with Crippen molar-refractivity contribution in [1.29, 1.82) is 0 Å². The molecule has 2 aromatic rings. The Hall–Kier alpha value is -1.94. The normalized spacial score (nSPS) is 11.0. The van der Waals surface area contributed by atoms with Gasteiger partial charge in [0.2, 0.25) is 0 Å². The summed E-state index contributed by atoms with van der Waals surface area (Å²) >= 11 is 0. The minimum Gasteiger partial charge on any atom is -0.365 e. The van der Waals surface area contributed by atoms with Crippen molar-refractivity contribution in [3.8, 4) is 0 Å². The van der Waals surface area contributed by atoms with E-state index in [1.54, 1.807) is 0 Å². The van der Waals surface area contributed by atoms with Crippen LogP contribution in [0, 0.1) is 11.6 Å². The number of nitrogens with zero attached hydrogens (tertiary/aromatic N) is 1. The Morgan fingerprint density at radius 2 is 1.71 bits per heavy atom. The van der Waals surface area contributed by atoms with Gasteiger partial charge in [0.05, 0.1) is 0 Å². The van der Waals surface area contributed by atoms with Crippen molar-refractivity contribution in [1.82, 2.24) is 0 Å². The molecule has 0 heterocycles. The molecule has 2 aromatic carbocycles. The molecule has 2 N–H and O–H groups in total. The summed E-state index contributed by atoms with van der Waals surface area (Å²) in [6.07, 6.45) is 0. The molecule has 0 atom stereocenters. The largest absolute Gasteiger partial charge is 0.365 e. The molecule has 0 aliphatic heterocycles. The quantitative estimate of drug-likeness (QED) is 0.906. The van der Waals surface area contributed by atoms with Crippen LogP contribution in [-0.4, -0.2) is 6.04 Å². The first kappa shape index (κ1) is 15.4. The molecule has 2 rings (SSSR count). The predicted octanol–water partition coefficient (Wildman–Crippen LogP) is 3.84. The average molecular weight is 290 g/mol. The monoisotopic (exact) mass is 290 g/mol. The lowest BCUT2D eigenvalue weighted by molar-refractivity contribution is 0.573. The van der Waals surface area contributed by atoms with Gasteiger partial charge in [0.15, 0.2) is 0 Å². The fraction of sp³-hybridized carbons (Fsp3) is 0.294. The molecule has 0 bridgehead atoms. The molecule has 0 saturated carbocycles. The van der Waals surface area contributed by atoms with Crippen LogP contribution in [0.15, 0.2) is 42.5 Å². The summed E-state index contributed by atoms with van der Waals surface area (Å²) in [5.41, 5.74) is 7.95.